The zero-order valence-electron chi connectivity index (χ0n) is 10.1. The summed E-state index contributed by atoms with van der Waals surface area (Å²) in [5.74, 6) is 0.513. The van der Waals surface area contributed by atoms with Crippen molar-refractivity contribution in [3.05, 3.63) is 72.1 Å². The number of rotatable bonds is 4. The van der Waals surface area contributed by atoms with E-state index < -0.39 is 0 Å². The zero-order chi connectivity index (χ0) is 12.1. The Labute approximate surface area is 103 Å². The first kappa shape index (κ1) is 11.7. The lowest BCUT2D eigenvalue weighted by molar-refractivity contribution is 0.682. The molecule has 0 heterocycles. The standard InChI is InChI=1S/C16H18N/c1-13(10-14-6-3-2-4-7-14)11-15-8-5-9-16(17)12-15/h2-9,11-13H,10,17H2,1H3. The maximum absolute atomic E-state index is 5.77. The molecule has 0 aromatic heterocycles. The number of anilines is 1. The molecule has 0 aliphatic rings. The first-order valence-electron chi connectivity index (χ1n) is 5.98. The number of hydrogen-bond donors (Lipinski definition) is 1. The monoisotopic (exact) mass is 224 g/mol. The maximum Gasteiger partial charge on any atom is 0.0316 e. The van der Waals surface area contributed by atoms with Crippen LogP contribution in [0.5, 0.6) is 0 Å². The molecule has 0 aliphatic heterocycles. The third-order valence-corrected chi connectivity index (χ3v) is 2.79. The highest BCUT2D eigenvalue weighted by atomic mass is 14.5. The van der Waals surface area contributed by atoms with Gasteiger partial charge in [-0.3, -0.25) is 0 Å². The molecule has 0 bridgehead atoms. The van der Waals surface area contributed by atoms with Gasteiger partial charge in [-0.25, -0.2) is 0 Å². The molecule has 1 radical (unpaired) electrons. The van der Waals surface area contributed by atoms with Gasteiger partial charge in [-0.2, -0.15) is 0 Å². The first-order valence-corrected chi connectivity index (χ1v) is 5.98. The molecule has 1 unspecified atom stereocenters. The van der Waals surface area contributed by atoms with Gasteiger partial charge in [0.1, 0.15) is 0 Å². The summed E-state index contributed by atoms with van der Waals surface area (Å²) in [6, 6.07) is 18.6. The molecule has 1 heteroatoms. The molecule has 0 saturated heterocycles. The SMILES string of the molecule is CC([CH]c1cccc(N)c1)Cc1ccccc1. The van der Waals surface area contributed by atoms with E-state index in [1.165, 1.54) is 11.1 Å². The summed E-state index contributed by atoms with van der Waals surface area (Å²) in [6.07, 6.45) is 3.33. The van der Waals surface area contributed by atoms with Crippen LogP contribution in [-0.4, -0.2) is 0 Å². The van der Waals surface area contributed by atoms with E-state index in [-0.39, 0.29) is 0 Å². The topological polar surface area (TPSA) is 26.0 Å². The Balaban J connectivity index is 1.96. The minimum atomic E-state index is 0.513. The van der Waals surface area contributed by atoms with Crippen LogP contribution in [0.15, 0.2) is 54.6 Å². The van der Waals surface area contributed by atoms with Crippen LogP contribution in [0.25, 0.3) is 0 Å². The van der Waals surface area contributed by atoms with Crippen molar-refractivity contribution < 1.29 is 0 Å². The molecule has 2 aromatic rings. The van der Waals surface area contributed by atoms with E-state index in [0.717, 1.165) is 12.1 Å². The van der Waals surface area contributed by atoms with E-state index in [9.17, 15) is 0 Å². The molecular formula is C16H18N. The van der Waals surface area contributed by atoms with Crippen LogP contribution >= 0.6 is 0 Å². The minimum absolute atomic E-state index is 0.513. The Morgan fingerprint density at radius 1 is 1.06 bits per heavy atom. The van der Waals surface area contributed by atoms with Gasteiger partial charge in [0.2, 0.25) is 0 Å². The number of nitrogen functional groups attached to an aromatic ring is 1. The van der Waals surface area contributed by atoms with Gasteiger partial charge in [-0.05, 0) is 42.0 Å². The Kier molecular flexibility index (Phi) is 3.81. The average Bonchev–Trinajstić information content (AvgIpc) is 2.30. The lowest BCUT2D eigenvalue weighted by Gasteiger charge is -2.11. The molecular weight excluding hydrogens is 206 g/mol. The quantitative estimate of drug-likeness (QED) is 0.787. The summed E-state index contributed by atoms with van der Waals surface area (Å²) in [4.78, 5) is 0. The largest absolute Gasteiger partial charge is 0.399 e. The fourth-order valence-electron chi connectivity index (χ4n) is 2.04. The van der Waals surface area contributed by atoms with Crippen LogP contribution in [-0.2, 0) is 6.42 Å². The van der Waals surface area contributed by atoms with E-state index >= 15 is 0 Å². The second-order valence-corrected chi connectivity index (χ2v) is 4.50. The molecule has 0 amide bonds. The average molecular weight is 224 g/mol. The summed E-state index contributed by atoms with van der Waals surface area (Å²) in [7, 11) is 0. The summed E-state index contributed by atoms with van der Waals surface area (Å²) < 4.78 is 0. The van der Waals surface area contributed by atoms with Crippen molar-refractivity contribution in [1.82, 2.24) is 0 Å². The molecule has 0 aliphatic carbocycles. The lowest BCUT2D eigenvalue weighted by atomic mass is 9.94. The van der Waals surface area contributed by atoms with Crippen molar-refractivity contribution in [1.29, 1.82) is 0 Å². The molecule has 2 rings (SSSR count). The van der Waals surface area contributed by atoms with Crippen LogP contribution in [0, 0.1) is 12.3 Å². The summed E-state index contributed by atoms with van der Waals surface area (Å²) in [5.41, 5.74) is 9.17. The fourth-order valence-corrected chi connectivity index (χ4v) is 2.04. The molecule has 2 N–H and O–H groups in total. The van der Waals surface area contributed by atoms with E-state index in [4.69, 9.17) is 5.73 Å². The molecule has 2 aromatic carbocycles. The van der Waals surface area contributed by atoms with Gasteiger partial charge in [0, 0.05) is 5.69 Å². The molecule has 0 fully saturated rings. The highest BCUT2D eigenvalue weighted by molar-refractivity contribution is 5.43. The van der Waals surface area contributed by atoms with Crippen molar-refractivity contribution in [2.75, 3.05) is 5.73 Å². The molecule has 0 spiro atoms. The van der Waals surface area contributed by atoms with Crippen LogP contribution in [0.1, 0.15) is 18.1 Å². The predicted octanol–water partition coefficient (Wildman–Crippen LogP) is 3.70. The highest BCUT2D eigenvalue weighted by Gasteiger charge is 2.05. The molecule has 1 nitrogen and oxygen atoms in total. The maximum atomic E-state index is 5.77. The first-order chi connectivity index (χ1) is 8.24. The van der Waals surface area contributed by atoms with Crippen molar-refractivity contribution in [3.63, 3.8) is 0 Å². The Morgan fingerprint density at radius 2 is 1.82 bits per heavy atom. The van der Waals surface area contributed by atoms with Gasteiger partial charge in [0.15, 0.2) is 0 Å². The second-order valence-electron chi connectivity index (χ2n) is 4.50. The van der Waals surface area contributed by atoms with Gasteiger partial charge in [0.25, 0.3) is 0 Å². The van der Waals surface area contributed by atoms with Crippen LogP contribution < -0.4 is 5.73 Å². The van der Waals surface area contributed by atoms with Crippen LogP contribution in [0.2, 0.25) is 0 Å². The van der Waals surface area contributed by atoms with E-state index in [0.29, 0.717) is 5.92 Å². The van der Waals surface area contributed by atoms with Crippen LogP contribution in [0.3, 0.4) is 0 Å². The minimum Gasteiger partial charge on any atom is -0.399 e. The lowest BCUT2D eigenvalue weighted by Crippen LogP contribution is -2.01. The number of nitrogens with two attached hydrogens (primary N) is 1. The Hall–Kier alpha value is -1.76. The fraction of sp³-hybridized carbons (Fsp3) is 0.188. The zero-order valence-corrected chi connectivity index (χ0v) is 10.1. The molecule has 87 valence electrons. The van der Waals surface area contributed by atoms with Gasteiger partial charge < -0.3 is 5.73 Å². The van der Waals surface area contributed by atoms with Crippen molar-refractivity contribution in [2.24, 2.45) is 5.92 Å². The normalized spacial score (nSPS) is 12.3. The smallest absolute Gasteiger partial charge is 0.0316 e. The van der Waals surface area contributed by atoms with Crippen molar-refractivity contribution in [3.8, 4) is 0 Å². The van der Waals surface area contributed by atoms with Crippen LogP contribution in [0.4, 0.5) is 5.69 Å². The molecule has 0 saturated carbocycles. The third kappa shape index (κ3) is 3.63. The van der Waals surface area contributed by atoms with Gasteiger partial charge in [-0.1, -0.05) is 49.4 Å². The van der Waals surface area contributed by atoms with Gasteiger partial charge >= 0.3 is 0 Å². The Bertz CT molecular complexity index is 462. The molecule has 17 heavy (non-hydrogen) atoms. The van der Waals surface area contributed by atoms with Crippen molar-refractivity contribution >= 4 is 5.69 Å². The van der Waals surface area contributed by atoms with Gasteiger partial charge in [-0.15, -0.1) is 0 Å². The summed E-state index contributed by atoms with van der Waals surface area (Å²) >= 11 is 0. The number of benzene rings is 2. The highest BCUT2D eigenvalue weighted by Crippen LogP contribution is 2.17. The predicted molar refractivity (Wildman–Crippen MR) is 73.6 cm³/mol. The number of hydrogen-bond acceptors (Lipinski definition) is 1. The molecule has 1 atom stereocenters. The van der Waals surface area contributed by atoms with Crippen molar-refractivity contribution in [2.45, 2.75) is 13.3 Å². The second kappa shape index (κ2) is 5.53. The van der Waals surface area contributed by atoms with E-state index in [1.54, 1.807) is 0 Å². The Morgan fingerprint density at radius 3 is 2.53 bits per heavy atom. The van der Waals surface area contributed by atoms with E-state index in [1.807, 2.05) is 18.2 Å². The van der Waals surface area contributed by atoms with E-state index in [2.05, 4.69) is 49.7 Å². The summed E-state index contributed by atoms with van der Waals surface area (Å²) in [5, 5.41) is 0. The van der Waals surface area contributed by atoms with Gasteiger partial charge in [0.05, 0.1) is 0 Å². The third-order valence-electron chi connectivity index (χ3n) is 2.79. The summed E-state index contributed by atoms with van der Waals surface area (Å²) in [6.45, 7) is 2.23.